The first-order chi connectivity index (χ1) is 8.70. The summed E-state index contributed by atoms with van der Waals surface area (Å²) < 4.78 is 0. The fourth-order valence-corrected chi connectivity index (χ4v) is 2.32. The van der Waals surface area contributed by atoms with Crippen LogP contribution >= 0.6 is 0 Å². The van der Waals surface area contributed by atoms with E-state index in [9.17, 15) is 4.79 Å². The first-order valence-corrected chi connectivity index (χ1v) is 6.47. The normalized spacial score (nSPS) is 19.0. The minimum Gasteiger partial charge on any atom is -0.369 e. The second kappa shape index (κ2) is 5.87. The summed E-state index contributed by atoms with van der Waals surface area (Å²) in [5.74, 6) is 0.0948. The van der Waals surface area contributed by atoms with E-state index < -0.39 is 0 Å². The van der Waals surface area contributed by atoms with Gasteiger partial charge in [-0.05, 0) is 18.6 Å². The number of hydrogen-bond acceptors (Lipinski definition) is 3. The van der Waals surface area contributed by atoms with Gasteiger partial charge in [0.05, 0.1) is 0 Å². The molecule has 4 nitrogen and oxygen atoms in total. The fraction of sp³-hybridized carbons (Fsp3) is 0.500. The zero-order valence-corrected chi connectivity index (χ0v) is 11.1. The lowest BCUT2D eigenvalue weighted by molar-refractivity contribution is -0.120. The van der Waals surface area contributed by atoms with E-state index in [4.69, 9.17) is 0 Å². The lowest BCUT2D eigenvalue weighted by atomic mass is 10.1. The van der Waals surface area contributed by atoms with Gasteiger partial charge in [0.25, 0.3) is 0 Å². The third-order valence-electron chi connectivity index (χ3n) is 3.36. The maximum absolute atomic E-state index is 11.4. The molecule has 1 aromatic carbocycles. The SMILES string of the molecule is CNC(=O)CCN1CC(C)NCc2ccccc21. The molecule has 0 fully saturated rings. The lowest BCUT2D eigenvalue weighted by Gasteiger charge is -2.26. The minimum absolute atomic E-state index is 0.0948. The maximum Gasteiger partial charge on any atom is 0.221 e. The van der Waals surface area contributed by atoms with Crippen molar-refractivity contribution in [3.63, 3.8) is 0 Å². The largest absolute Gasteiger partial charge is 0.369 e. The highest BCUT2D eigenvalue weighted by Gasteiger charge is 2.18. The summed E-state index contributed by atoms with van der Waals surface area (Å²) in [5, 5.41) is 6.16. The molecule has 98 valence electrons. The predicted molar refractivity (Wildman–Crippen MR) is 73.6 cm³/mol. The molecule has 1 atom stereocenters. The van der Waals surface area contributed by atoms with Crippen molar-refractivity contribution in [2.45, 2.75) is 25.9 Å². The second-order valence-electron chi connectivity index (χ2n) is 4.78. The Labute approximate surface area is 108 Å². The van der Waals surface area contributed by atoms with Gasteiger partial charge in [-0.2, -0.15) is 0 Å². The van der Waals surface area contributed by atoms with E-state index in [1.165, 1.54) is 11.3 Å². The Kier molecular flexibility index (Phi) is 4.20. The van der Waals surface area contributed by atoms with Crippen LogP contribution in [0.15, 0.2) is 24.3 Å². The van der Waals surface area contributed by atoms with Crippen LogP contribution in [0.25, 0.3) is 0 Å². The maximum atomic E-state index is 11.4. The third kappa shape index (κ3) is 3.01. The van der Waals surface area contributed by atoms with Crippen LogP contribution in [-0.2, 0) is 11.3 Å². The highest BCUT2D eigenvalue weighted by atomic mass is 16.1. The molecule has 1 aliphatic heterocycles. The molecule has 18 heavy (non-hydrogen) atoms. The van der Waals surface area contributed by atoms with Gasteiger partial charge < -0.3 is 15.5 Å². The summed E-state index contributed by atoms with van der Waals surface area (Å²) >= 11 is 0. The van der Waals surface area contributed by atoms with E-state index in [1.807, 2.05) is 0 Å². The van der Waals surface area contributed by atoms with Crippen molar-refractivity contribution in [3.8, 4) is 0 Å². The number of nitrogens with zero attached hydrogens (tertiary/aromatic N) is 1. The zero-order valence-electron chi connectivity index (χ0n) is 11.1. The smallest absolute Gasteiger partial charge is 0.221 e. The Balaban J connectivity index is 2.13. The standard InChI is InChI=1S/C14H21N3O/c1-11-10-17(8-7-14(18)15-2)13-6-4-3-5-12(13)9-16-11/h3-6,11,16H,7-10H2,1-2H3,(H,15,18). The van der Waals surface area contributed by atoms with Crippen LogP contribution in [0.4, 0.5) is 5.69 Å². The molecule has 1 unspecified atom stereocenters. The molecular weight excluding hydrogens is 226 g/mol. The first kappa shape index (κ1) is 12.9. The summed E-state index contributed by atoms with van der Waals surface area (Å²) in [4.78, 5) is 13.7. The zero-order chi connectivity index (χ0) is 13.0. The second-order valence-corrected chi connectivity index (χ2v) is 4.78. The Bertz CT molecular complexity index is 419. The Hall–Kier alpha value is -1.55. The number of hydrogen-bond donors (Lipinski definition) is 2. The number of nitrogens with one attached hydrogen (secondary N) is 2. The number of amides is 1. The molecule has 0 radical (unpaired) electrons. The van der Waals surface area contributed by atoms with Crippen molar-refractivity contribution in [2.24, 2.45) is 0 Å². The molecule has 1 amide bonds. The van der Waals surface area contributed by atoms with Gasteiger partial charge in [-0.1, -0.05) is 18.2 Å². The van der Waals surface area contributed by atoms with Crippen molar-refractivity contribution in [2.75, 3.05) is 25.0 Å². The van der Waals surface area contributed by atoms with Crippen molar-refractivity contribution in [3.05, 3.63) is 29.8 Å². The summed E-state index contributed by atoms with van der Waals surface area (Å²) in [5.41, 5.74) is 2.55. The van der Waals surface area contributed by atoms with Gasteiger partial charge in [-0.3, -0.25) is 4.79 Å². The van der Waals surface area contributed by atoms with Crippen molar-refractivity contribution in [1.29, 1.82) is 0 Å². The molecule has 0 aliphatic carbocycles. The molecule has 0 bridgehead atoms. The van der Waals surface area contributed by atoms with Crippen LogP contribution in [0.3, 0.4) is 0 Å². The van der Waals surface area contributed by atoms with Crippen molar-refractivity contribution >= 4 is 11.6 Å². The molecule has 2 rings (SSSR count). The van der Waals surface area contributed by atoms with Gasteiger partial charge in [0.1, 0.15) is 0 Å². The van der Waals surface area contributed by atoms with Gasteiger partial charge >= 0.3 is 0 Å². The van der Waals surface area contributed by atoms with E-state index in [2.05, 4.69) is 46.7 Å². The summed E-state index contributed by atoms with van der Waals surface area (Å²) in [6.07, 6.45) is 0.539. The van der Waals surface area contributed by atoms with Gasteiger partial charge in [-0.15, -0.1) is 0 Å². The average molecular weight is 247 g/mol. The van der Waals surface area contributed by atoms with E-state index in [0.29, 0.717) is 12.5 Å². The van der Waals surface area contributed by atoms with Gasteiger partial charge in [0.2, 0.25) is 5.91 Å². The molecule has 4 heteroatoms. The average Bonchev–Trinajstić information content (AvgIpc) is 2.56. The predicted octanol–water partition coefficient (Wildman–Crippen LogP) is 1.12. The molecule has 1 heterocycles. The van der Waals surface area contributed by atoms with Gasteiger partial charge in [0, 0.05) is 44.8 Å². The van der Waals surface area contributed by atoms with Crippen LogP contribution in [0.2, 0.25) is 0 Å². The van der Waals surface area contributed by atoms with Crippen LogP contribution in [-0.4, -0.2) is 32.1 Å². The monoisotopic (exact) mass is 247 g/mol. The van der Waals surface area contributed by atoms with E-state index in [-0.39, 0.29) is 5.91 Å². The van der Waals surface area contributed by atoms with E-state index in [1.54, 1.807) is 7.05 Å². The Morgan fingerprint density at radius 3 is 3.06 bits per heavy atom. The fourth-order valence-electron chi connectivity index (χ4n) is 2.32. The number of carbonyl (C=O) groups excluding carboxylic acids is 1. The Morgan fingerprint density at radius 1 is 1.50 bits per heavy atom. The topological polar surface area (TPSA) is 44.4 Å². The van der Waals surface area contributed by atoms with Crippen molar-refractivity contribution < 1.29 is 4.79 Å². The number of para-hydroxylation sites is 1. The molecule has 0 saturated heterocycles. The summed E-state index contributed by atoms with van der Waals surface area (Å²) in [6.45, 7) is 4.78. The molecule has 0 saturated carbocycles. The molecular formula is C14H21N3O. The molecule has 0 aromatic heterocycles. The quantitative estimate of drug-likeness (QED) is 0.841. The minimum atomic E-state index is 0.0948. The van der Waals surface area contributed by atoms with E-state index >= 15 is 0 Å². The summed E-state index contributed by atoms with van der Waals surface area (Å²) in [7, 11) is 1.68. The molecule has 1 aliphatic rings. The molecule has 2 N–H and O–H groups in total. The van der Waals surface area contributed by atoms with Crippen LogP contribution < -0.4 is 15.5 Å². The first-order valence-electron chi connectivity index (χ1n) is 6.47. The number of anilines is 1. The number of rotatable bonds is 3. The van der Waals surface area contributed by atoms with Crippen LogP contribution in [0.5, 0.6) is 0 Å². The summed E-state index contributed by atoms with van der Waals surface area (Å²) in [6, 6.07) is 8.84. The van der Waals surface area contributed by atoms with Crippen LogP contribution in [0, 0.1) is 0 Å². The highest BCUT2D eigenvalue weighted by Crippen LogP contribution is 2.23. The van der Waals surface area contributed by atoms with Gasteiger partial charge in [-0.25, -0.2) is 0 Å². The molecule has 0 spiro atoms. The Morgan fingerprint density at radius 2 is 2.28 bits per heavy atom. The van der Waals surface area contributed by atoms with E-state index in [0.717, 1.165) is 19.6 Å². The molecule has 1 aromatic rings. The lowest BCUT2D eigenvalue weighted by Crippen LogP contribution is -2.37. The number of benzene rings is 1. The number of fused-ring (bicyclic) bond motifs is 1. The van der Waals surface area contributed by atoms with Gasteiger partial charge in [0.15, 0.2) is 0 Å². The van der Waals surface area contributed by atoms with Crippen LogP contribution in [0.1, 0.15) is 18.9 Å². The third-order valence-corrected chi connectivity index (χ3v) is 3.36. The highest BCUT2D eigenvalue weighted by molar-refractivity contribution is 5.76. The number of carbonyl (C=O) groups is 1. The van der Waals surface area contributed by atoms with Crippen molar-refractivity contribution in [1.82, 2.24) is 10.6 Å².